The standard InChI is InChI=1S/C22H23N3O5/c1-6-14-9-15-10-16(7-8-17(15)23-12-14)29-13(2)20(26)24-22(3,4)19-11-18(30-25-19)21(27)28-5/h6-13H,1H2,2-5H3,(H,24,26). The Morgan fingerprint density at radius 2 is 2.03 bits per heavy atom. The number of pyridine rings is 1. The maximum atomic E-state index is 12.7. The van der Waals surface area contributed by atoms with Crippen LogP contribution in [0.3, 0.4) is 0 Å². The molecule has 0 aliphatic heterocycles. The Balaban J connectivity index is 1.70. The molecule has 156 valence electrons. The van der Waals surface area contributed by atoms with Gasteiger partial charge in [0.1, 0.15) is 11.4 Å². The molecule has 1 N–H and O–H groups in total. The van der Waals surface area contributed by atoms with Crippen molar-refractivity contribution in [2.45, 2.75) is 32.4 Å². The third kappa shape index (κ3) is 4.48. The number of amides is 1. The van der Waals surface area contributed by atoms with Crippen molar-refractivity contribution >= 4 is 28.9 Å². The Bertz CT molecular complexity index is 1100. The van der Waals surface area contributed by atoms with Gasteiger partial charge in [0, 0.05) is 17.6 Å². The number of rotatable bonds is 7. The highest BCUT2D eigenvalue weighted by Crippen LogP contribution is 2.23. The van der Waals surface area contributed by atoms with Gasteiger partial charge in [-0.05, 0) is 50.6 Å². The van der Waals surface area contributed by atoms with Crippen LogP contribution in [0.1, 0.15) is 42.6 Å². The molecule has 0 saturated carbocycles. The van der Waals surface area contributed by atoms with E-state index in [4.69, 9.17) is 9.26 Å². The summed E-state index contributed by atoms with van der Waals surface area (Å²) >= 11 is 0. The quantitative estimate of drug-likeness (QED) is 0.596. The average molecular weight is 409 g/mol. The van der Waals surface area contributed by atoms with Crippen molar-refractivity contribution in [2.75, 3.05) is 7.11 Å². The van der Waals surface area contributed by atoms with E-state index >= 15 is 0 Å². The molecule has 0 saturated heterocycles. The summed E-state index contributed by atoms with van der Waals surface area (Å²) in [7, 11) is 1.25. The van der Waals surface area contributed by atoms with Gasteiger partial charge < -0.3 is 19.3 Å². The second-order valence-electron chi connectivity index (χ2n) is 7.27. The Labute approximate surface area is 173 Å². The van der Waals surface area contributed by atoms with Gasteiger partial charge in [0.2, 0.25) is 5.76 Å². The maximum Gasteiger partial charge on any atom is 0.376 e. The third-order valence-corrected chi connectivity index (χ3v) is 4.56. The predicted molar refractivity (Wildman–Crippen MR) is 111 cm³/mol. The smallest absolute Gasteiger partial charge is 0.376 e. The van der Waals surface area contributed by atoms with Crippen LogP contribution in [0.4, 0.5) is 0 Å². The van der Waals surface area contributed by atoms with Crippen molar-refractivity contribution < 1.29 is 23.6 Å². The molecule has 1 unspecified atom stereocenters. The highest BCUT2D eigenvalue weighted by Gasteiger charge is 2.30. The minimum absolute atomic E-state index is 0.0391. The molecule has 1 atom stereocenters. The minimum Gasteiger partial charge on any atom is -0.481 e. The van der Waals surface area contributed by atoms with Gasteiger partial charge in [0.25, 0.3) is 5.91 Å². The third-order valence-electron chi connectivity index (χ3n) is 4.56. The molecule has 0 spiro atoms. The van der Waals surface area contributed by atoms with E-state index in [1.54, 1.807) is 39.1 Å². The number of fused-ring (bicyclic) bond motifs is 1. The van der Waals surface area contributed by atoms with Crippen LogP contribution in [0.15, 0.2) is 47.6 Å². The second-order valence-corrected chi connectivity index (χ2v) is 7.27. The molecule has 0 bridgehead atoms. The number of esters is 1. The molecule has 2 heterocycles. The van der Waals surface area contributed by atoms with E-state index in [2.05, 4.69) is 26.8 Å². The first-order valence-electron chi connectivity index (χ1n) is 9.30. The zero-order valence-corrected chi connectivity index (χ0v) is 17.3. The van der Waals surface area contributed by atoms with Crippen molar-refractivity contribution in [3.63, 3.8) is 0 Å². The normalized spacial score (nSPS) is 12.3. The van der Waals surface area contributed by atoms with Crippen molar-refractivity contribution in [3.8, 4) is 5.75 Å². The molecule has 0 aliphatic carbocycles. The molecule has 30 heavy (non-hydrogen) atoms. The first-order chi connectivity index (χ1) is 14.2. The number of methoxy groups -OCH3 is 1. The fourth-order valence-electron chi connectivity index (χ4n) is 2.81. The van der Waals surface area contributed by atoms with Crippen LogP contribution in [-0.4, -0.2) is 35.2 Å². The van der Waals surface area contributed by atoms with Gasteiger partial charge in [-0.25, -0.2) is 4.79 Å². The van der Waals surface area contributed by atoms with Crippen molar-refractivity contribution in [3.05, 3.63) is 60.1 Å². The fourth-order valence-corrected chi connectivity index (χ4v) is 2.81. The lowest BCUT2D eigenvalue weighted by atomic mass is 10.00. The van der Waals surface area contributed by atoms with E-state index in [0.717, 1.165) is 16.5 Å². The van der Waals surface area contributed by atoms with Crippen LogP contribution >= 0.6 is 0 Å². The Kier molecular flexibility index (Phi) is 5.86. The molecular formula is C22H23N3O5. The summed E-state index contributed by atoms with van der Waals surface area (Å²) in [5.41, 5.74) is 1.21. The number of aromatic nitrogens is 2. The topological polar surface area (TPSA) is 104 Å². The summed E-state index contributed by atoms with van der Waals surface area (Å²) in [5.74, 6) is -0.484. The molecule has 1 amide bonds. The average Bonchev–Trinajstić information content (AvgIpc) is 3.23. The highest BCUT2D eigenvalue weighted by molar-refractivity contribution is 5.86. The molecule has 2 aromatic heterocycles. The van der Waals surface area contributed by atoms with E-state index in [1.807, 2.05) is 18.2 Å². The van der Waals surface area contributed by atoms with E-state index in [1.165, 1.54) is 13.2 Å². The van der Waals surface area contributed by atoms with Crippen LogP contribution in [0.25, 0.3) is 17.0 Å². The molecule has 0 radical (unpaired) electrons. The van der Waals surface area contributed by atoms with Crippen LogP contribution in [0.5, 0.6) is 5.75 Å². The van der Waals surface area contributed by atoms with Crippen LogP contribution in [0.2, 0.25) is 0 Å². The molecule has 3 rings (SSSR count). The summed E-state index contributed by atoms with van der Waals surface area (Å²) in [6.07, 6.45) is 2.68. The van der Waals surface area contributed by atoms with Crippen molar-refractivity contribution in [1.82, 2.24) is 15.5 Å². The number of nitrogens with zero attached hydrogens (tertiary/aromatic N) is 2. The molecule has 3 aromatic rings. The predicted octanol–water partition coefficient (Wildman–Crippen LogP) is 3.47. The van der Waals surface area contributed by atoms with Gasteiger partial charge in [-0.3, -0.25) is 9.78 Å². The number of benzene rings is 1. The number of carbonyl (C=O) groups excluding carboxylic acids is 2. The van der Waals surface area contributed by atoms with Gasteiger partial charge in [0.05, 0.1) is 18.2 Å². The summed E-state index contributed by atoms with van der Waals surface area (Å²) in [5, 5.41) is 7.60. The number of ether oxygens (including phenoxy) is 2. The van der Waals surface area contributed by atoms with E-state index < -0.39 is 17.6 Å². The second kappa shape index (κ2) is 8.36. The van der Waals surface area contributed by atoms with Crippen LogP contribution in [-0.2, 0) is 15.1 Å². The van der Waals surface area contributed by atoms with E-state index in [-0.39, 0.29) is 11.7 Å². The molecular weight excluding hydrogens is 386 g/mol. The number of carbonyl (C=O) groups is 2. The molecule has 8 nitrogen and oxygen atoms in total. The monoisotopic (exact) mass is 409 g/mol. The first-order valence-corrected chi connectivity index (χ1v) is 9.30. The highest BCUT2D eigenvalue weighted by atomic mass is 16.5. The summed E-state index contributed by atoms with van der Waals surface area (Å²) in [6.45, 7) is 8.88. The van der Waals surface area contributed by atoms with Gasteiger partial charge in [-0.2, -0.15) is 0 Å². The first kappa shape index (κ1) is 21.0. The number of nitrogens with one attached hydrogen (secondary N) is 1. The number of hydrogen-bond donors (Lipinski definition) is 1. The SMILES string of the molecule is C=Cc1cnc2ccc(OC(C)C(=O)NC(C)(C)c3cc(C(=O)OC)on3)cc2c1. The molecule has 8 heteroatoms. The van der Waals surface area contributed by atoms with E-state index in [0.29, 0.717) is 11.4 Å². The number of hydrogen-bond acceptors (Lipinski definition) is 7. The molecule has 0 fully saturated rings. The minimum atomic E-state index is -0.892. The van der Waals surface area contributed by atoms with Gasteiger partial charge in [0.15, 0.2) is 6.10 Å². The zero-order chi connectivity index (χ0) is 21.9. The van der Waals surface area contributed by atoms with Gasteiger partial charge in [-0.15, -0.1) is 0 Å². The van der Waals surface area contributed by atoms with Gasteiger partial charge in [-0.1, -0.05) is 17.8 Å². The summed E-state index contributed by atoms with van der Waals surface area (Å²) < 4.78 is 15.4. The van der Waals surface area contributed by atoms with Crippen molar-refractivity contribution in [2.24, 2.45) is 0 Å². The fraction of sp³-hybridized carbons (Fsp3) is 0.273. The van der Waals surface area contributed by atoms with Crippen LogP contribution < -0.4 is 10.1 Å². The lowest BCUT2D eigenvalue weighted by Gasteiger charge is -2.25. The van der Waals surface area contributed by atoms with Gasteiger partial charge >= 0.3 is 5.97 Å². The summed E-state index contributed by atoms with van der Waals surface area (Å²) in [4.78, 5) is 28.6. The van der Waals surface area contributed by atoms with Crippen molar-refractivity contribution in [1.29, 1.82) is 0 Å². The lowest BCUT2D eigenvalue weighted by molar-refractivity contribution is -0.129. The zero-order valence-electron chi connectivity index (χ0n) is 17.3. The Morgan fingerprint density at radius 1 is 1.27 bits per heavy atom. The lowest BCUT2D eigenvalue weighted by Crippen LogP contribution is -2.46. The van der Waals surface area contributed by atoms with Crippen LogP contribution in [0, 0.1) is 0 Å². The maximum absolute atomic E-state index is 12.7. The largest absolute Gasteiger partial charge is 0.481 e. The van der Waals surface area contributed by atoms with E-state index in [9.17, 15) is 9.59 Å². The molecule has 1 aromatic carbocycles. The Hall–Kier alpha value is -3.68. The molecule has 0 aliphatic rings. The summed E-state index contributed by atoms with van der Waals surface area (Å²) in [6, 6.07) is 8.79. The Morgan fingerprint density at radius 3 is 2.73 bits per heavy atom.